The molecule has 0 bridgehead atoms. The molecule has 17 heavy (non-hydrogen) atoms. The van der Waals surface area contributed by atoms with E-state index in [0.717, 1.165) is 5.82 Å². The van der Waals surface area contributed by atoms with Gasteiger partial charge in [-0.2, -0.15) is 4.98 Å². The van der Waals surface area contributed by atoms with Gasteiger partial charge in [-0.3, -0.25) is 0 Å². The molecule has 4 nitrogen and oxygen atoms in total. The fourth-order valence-corrected chi connectivity index (χ4v) is 1.27. The molecule has 0 fully saturated rings. The van der Waals surface area contributed by atoms with Crippen LogP contribution in [0.5, 0.6) is 5.88 Å². The zero-order chi connectivity index (χ0) is 13.2. The van der Waals surface area contributed by atoms with Crippen LogP contribution in [0.25, 0.3) is 0 Å². The molecule has 0 saturated carbocycles. The molecule has 2 N–H and O–H groups in total. The van der Waals surface area contributed by atoms with E-state index in [-0.39, 0.29) is 5.60 Å². The highest BCUT2D eigenvalue weighted by atomic mass is 16.5. The van der Waals surface area contributed by atoms with E-state index >= 15 is 0 Å². The number of anilines is 2. The Morgan fingerprint density at radius 3 is 2.35 bits per heavy atom. The monoisotopic (exact) mass is 237 g/mol. The Bertz CT molecular complexity index is 383. The molecule has 96 valence electrons. The van der Waals surface area contributed by atoms with Crippen molar-refractivity contribution in [3.05, 3.63) is 12.1 Å². The molecule has 0 radical (unpaired) electrons. The largest absolute Gasteiger partial charge is 0.470 e. The van der Waals surface area contributed by atoms with Crippen LogP contribution in [0.2, 0.25) is 0 Å². The van der Waals surface area contributed by atoms with Gasteiger partial charge in [0.2, 0.25) is 5.88 Å². The summed E-state index contributed by atoms with van der Waals surface area (Å²) in [5.74, 6) is 1.37. The number of ether oxygens (including phenoxy) is 1. The van der Waals surface area contributed by atoms with Crippen molar-refractivity contribution in [1.82, 2.24) is 4.98 Å². The Kier molecular flexibility index (Phi) is 3.86. The molecule has 0 unspecified atom stereocenters. The van der Waals surface area contributed by atoms with E-state index in [1.807, 2.05) is 40.0 Å². The van der Waals surface area contributed by atoms with Crippen molar-refractivity contribution >= 4 is 11.5 Å². The average Bonchev–Trinajstić information content (AvgIpc) is 2.18. The lowest BCUT2D eigenvalue weighted by atomic mass is 10.2. The summed E-state index contributed by atoms with van der Waals surface area (Å²) < 4.78 is 5.74. The van der Waals surface area contributed by atoms with E-state index in [1.54, 1.807) is 0 Å². The summed E-state index contributed by atoms with van der Waals surface area (Å²) in [4.78, 5) is 6.54. The van der Waals surface area contributed by atoms with Crippen LogP contribution in [0.1, 0.15) is 34.6 Å². The van der Waals surface area contributed by atoms with E-state index in [2.05, 4.69) is 23.7 Å². The van der Waals surface area contributed by atoms with E-state index in [4.69, 9.17) is 10.5 Å². The van der Waals surface area contributed by atoms with Crippen molar-refractivity contribution in [2.45, 2.75) is 46.3 Å². The maximum atomic E-state index is 5.87. The maximum Gasteiger partial charge on any atom is 0.239 e. The van der Waals surface area contributed by atoms with Crippen LogP contribution in [0.3, 0.4) is 0 Å². The third-order valence-corrected chi connectivity index (χ3v) is 2.41. The maximum absolute atomic E-state index is 5.87. The van der Waals surface area contributed by atoms with Crippen molar-refractivity contribution in [3.63, 3.8) is 0 Å². The number of nitrogens with zero attached hydrogens (tertiary/aromatic N) is 2. The zero-order valence-electron chi connectivity index (χ0n) is 11.6. The Hall–Kier alpha value is -1.45. The van der Waals surface area contributed by atoms with E-state index < -0.39 is 0 Å². The van der Waals surface area contributed by atoms with Crippen molar-refractivity contribution in [2.24, 2.45) is 0 Å². The molecule has 0 spiro atoms. The van der Waals surface area contributed by atoms with Gasteiger partial charge in [-0.25, -0.2) is 0 Å². The molecule has 1 aromatic heterocycles. The Balaban J connectivity index is 3.02. The summed E-state index contributed by atoms with van der Waals surface area (Å²) in [6.45, 7) is 10.2. The second-order valence-electron chi connectivity index (χ2n) is 5.48. The van der Waals surface area contributed by atoms with Crippen molar-refractivity contribution in [1.29, 1.82) is 0 Å². The predicted octanol–water partition coefficient (Wildman–Crippen LogP) is 2.69. The van der Waals surface area contributed by atoms with Crippen LogP contribution in [0.4, 0.5) is 11.5 Å². The first-order valence-corrected chi connectivity index (χ1v) is 5.89. The van der Waals surface area contributed by atoms with E-state index in [9.17, 15) is 0 Å². The predicted molar refractivity (Wildman–Crippen MR) is 72.6 cm³/mol. The van der Waals surface area contributed by atoms with Crippen molar-refractivity contribution < 1.29 is 4.74 Å². The van der Waals surface area contributed by atoms with Gasteiger partial charge in [0.05, 0.1) is 5.69 Å². The lowest BCUT2D eigenvalue weighted by Gasteiger charge is -2.25. The third-order valence-electron chi connectivity index (χ3n) is 2.41. The fraction of sp³-hybridized carbons (Fsp3) is 0.615. The molecule has 0 amide bonds. The summed E-state index contributed by atoms with van der Waals surface area (Å²) in [6, 6.07) is 4.13. The first-order chi connectivity index (χ1) is 7.70. The number of nitrogen functional groups attached to an aromatic ring is 1. The number of aromatic nitrogens is 1. The Morgan fingerprint density at radius 2 is 1.88 bits per heavy atom. The number of hydrogen-bond donors (Lipinski definition) is 1. The molecule has 0 aromatic carbocycles. The Morgan fingerprint density at radius 1 is 1.29 bits per heavy atom. The summed E-state index contributed by atoms with van der Waals surface area (Å²) in [7, 11) is 2.00. The number of nitrogens with two attached hydrogens (primary N) is 1. The van der Waals surface area contributed by atoms with Gasteiger partial charge >= 0.3 is 0 Å². The smallest absolute Gasteiger partial charge is 0.239 e. The van der Waals surface area contributed by atoms with Crippen LogP contribution >= 0.6 is 0 Å². The van der Waals surface area contributed by atoms with Crippen LogP contribution in [-0.4, -0.2) is 23.7 Å². The molecule has 4 heteroatoms. The molecule has 0 aliphatic carbocycles. The Labute approximate surface area is 104 Å². The minimum Gasteiger partial charge on any atom is -0.470 e. The summed E-state index contributed by atoms with van der Waals surface area (Å²) in [6.07, 6.45) is 0. The molecule has 0 aliphatic rings. The topological polar surface area (TPSA) is 51.4 Å². The molecule has 1 heterocycles. The van der Waals surface area contributed by atoms with E-state index in [1.165, 1.54) is 0 Å². The summed E-state index contributed by atoms with van der Waals surface area (Å²) in [5, 5.41) is 0. The molecular formula is C13H23N3O. The van der Waals surface area contributed by atoms with Gasteiger partial charge in [0.1, 0.15) is 11.4 Å². The lowest BCUT2D eigenvalue weighted by Crippen LogP contribution is -2.28. The first kappa shape index (κ1) is 13.6. The quantitative estimate of drug-likeness (QED) is 0.878. The standard InChI is InChI=1S/C13H23N3O/c1-9(2)16(6)11-8-7-10(14)12(15-11)17-13(3,4)5/h7-9H,14H2,1-6H3. The molecule has 0 atom stereocenters. The normalized spacial score (nSPS) is 11.7. The van der Waals surface area contributed by atoms with Gasteiger partial charge < -0.3 is 15.4 Å². The van der Waals surface area contributed by atoms with E-state index in [0.29, 0.717) is 17.6 Å². The minimum absolute atomic E-state index is 0.295. The molecule has 1 rings (SSSR count). The van der Waals surface area contributed by atoms with Gasteiger partial charge in [-0.15, -0.1) is 0 Å². The lowest BCUT2D eigenvalue weighted by molar-refractivity contribution is 0.125. The molecule has 0 aliphatic heterocycles. The molecule has 0 saturated heterocycles. The molecule has 1 aromatic rings. The SMILES string of the molecule is CC(C)N(C)c1ccc(N)c(OC(C)(C)C)n1. The van der Waals surface area contributed by atoms with Gasteiger partial charge in [0.25, 0.3) is 0 Å². The highest BCUT2D eigenvalue weighted by Crippen LogP contribution is 2.26. The summed E-state index contributed by atoms with van der Waals surface area (Å²) >= 11 is 0. The van der Waals surface area contributed by atoms with Crippen LogP contribution in [-0.2, 0) is 0 Å². The van der Waals surface area contributed by atoms with Gasteiger partial charge in [0.15, 0.2) is 0 Å². The third kappa shape index (κ3) is 3.80. The van der Waals surface area contributed by atoms with Crippen LogP contribution < -0.4 is 15.4 Å². The number of pyridine rings is 1. The second-order valence-corrected chi connectivity index (χ2v) is 5.48. The van der Waals surface area contributed by atoms with Gasteiger partial charge in [-0.1, -0.05) is 0 Å². The highest BCUT2D eigenvalue weighted by Gasteiger charge is 2.16. The second kappa shape index (κ2) is 4.82. The minimum atomic E-state index is -0.295. The zero-order valence-corrected chi connectivity index (χ0v) is 11.6. The average molecular weight is 237 g/mol. The highest BCUT2D eigenvalue weighted by molar-refractivity contribution is 5.54. The molecular weight excluding hydrogens is 214 g/mol. The van der Waals surface area contributed by atoms with Gasteiger partial charge in [-0.05, 0) is 46.8 Å². The van der Waals surface area contributed by atoms with Crippen molar-refractivity contribution in [3.8, 4) is 5.88 Å². The first-order valence-electron chi connectivity index (χ1n) is 5.89. The van der Waals surface area contributed by atoms with Gasteiger partial charge in [0, 0.05) is 13.1 Å². The van der Waals surface area contributed by atoms with Crippen molar-refractivity contribution in [2.75, 3.05) is 17.7 Å². The number of rotatable bonds is 3. The van der Waals surface area contributed by atoms with Crippen LogP contribution in [0.15, 0.2) is 12.1 Å². The van der Waals surface area contributed by atoms with Crippen LogP contribution in [0, 0.1) is 0 Å². The number of hydrogen-bond acceptors (Lipinski definition) is 4. The fourth-order valence-electron chi connectivity index (χ4n) is 1.27. The summed E-state index contributed by atoms with van der Waals surface area (Å²) in [5.41, 5.74) is 6.14.